The maximum atomic E-state index is 10.7. The summed E-state index contributed by atoms with van der Waals surface area (Å²) in [6.07, 6.45) is 7.74. The van der Waals surface area contributed by atoms with Crippen LogP contribution < -0.4 is 15.4 Å². The van der Waals surface area contributed by atoms with Gasteiger partial charge in [0.1, 0.15) is 5.60 Å². The molecule has 1 unspecified atom stereocenters. The van der Waals surface area contributed by atoms with Crippen LogP contribution in [0.3, 0.4) is 0 Å². The molecule has 28 heavy (non-hydrogen) atoms. The topological polar surface area (TPSA) is 96.6 Å². The summed E-state index contributed by atoms with van der Waals surface area (Å²) in [5.41, 5.74) is 0.729. The van der Waals surface area contributed by atoms with Gasteiger partial charge in [-0.2, -0.15) is 5.10 Å². The third-order valence-corrected chi connectivity index (χ3v) is 4.65. The number of nitrogens with one attached hydrogen (secondary N) is 2. The molecule has 1 fully saturated rings. The Labute approximate surface area is 166 Å². The van der Waals surface area contributed by atoms with E-state index in [0.717, 1.165) is 24.3 Å². The molecule has 8 nitrogen and oxygen atoms in total. The van der Waals surface area contributed by atoms with Gasteiger partial charge in [0.15, 0.2) is 5.96 Å². The number of aromatic nitrogens is 3. The molecular weight excluding hydrogens is 356 g/mol. The molecule has 2 heterocycles. The lowest BCUT2D eigenvalue weighted by Crippen LogP contribution is -2.44. The number of pyridine rings is 1. The molecule has 2 aromatic heterocycles. The number of hydrogen-bond acceptors (Lipinski definition) is 5. The first-order chi connectivity index (χ1) is 13.5. The quantitative estimate of drug-likeness (QED) is 0.447. The smallest absolute Gasteiger partial charge is 0.213 e. The Balaban J connectivity index is 1.58. The third kappa shape index (κ3) is 5.95. The SMILES string of the molecule is CCNC(=NCc1ccnc(OCC2CC2)c1)NCC(C)(O)c1cnn(C)c1. The first-order valence-corrected chi connectivity index (χ1v) is 9.77. The normalized spacial score (nSPS) is 16.5. The van der Waals surface area contributed by atoms with E-state index in [1.807, 2.05) is 32.3 Å². The van der Waals surface area contributed by atoms with Crippen molar-refractivity contribution in [2.75, 3.05) is 19.7 Å². The number of rotatable bonds is 9. The minimum absolute atomic E-state index is 0.316. The highest BCUT2D eigenvalue weighted by Gasteiger charge is 2.25. The molecule has 0 bridgehead atoms. The van der Waals surface area contributed by atoms with Crippen LogP contribution in [0.25, 0.3) is 0 Å². The van der Waals surface area contributed by atoms with Crippen LogP contribution in [0.5, 0.6) is 5.88 Å². The molecule has 2 aromatic rings. The van der Waals surface area contributed by atoms with Gasteiger partial charge in [0, 0.05) is 37.6 Å². The standard InChI is InChI=1S/C20H30N6O2/c1-4-21-19(24-14-20(2,27)17-11-25-26(3)12-17)23-10-16-7-8-22-18(9-16)28-13-15-5-6-15/h7-9,11-12,15,27H,4-6,10,13-14H2,1-3H3,(H2,21,23,24). The van der Waals surface area contributed by atoms with Crippen molar-refractivity contribution in [1.29, 1.82) is 0 Å². The Hall–Kier alpha value is -2.61. The monoisotopic (exact) mass is 386 g/mol. The van der Waals surface area contributed by atoms with Crippen molar-refractivity contribution < 1.29 is 9.84 Å². The van der Waals surface area contributed by atoms with E-state index in [2.05, 4.69) is 25.7 Å². The fraction of sp³-hybridized carbons (Fsp3) is 0.550. The molecule has 1 aliphatic carbocycles. The Kier molecular flexibility index (Phi) is 6.51. The fourth-order valence-corrected chi connectivity index (χ4v) is 2.68. The predicted octanol–water partition coefficient (Wildman–Crippen LogP) is 1.57. The van der Waals surface area contributed by atoms with Gasteiger partial charge in [0.05, 0.1) is 25.9 Å². The summed E-state index contributed by atoms with van der Waals surface area (Å²) in [6.45, 7) is 6.04. The number of nitrogens with zero attached hydrogens (tertiary/aromatic N) is 4. The largest absolute Gasteiger partial charge is 0.477 e. The number of aliphatic hydroxyl groups is 1. The van der Waals surface area contributed by atoms with E-state index in [1.54, 1.807) is 24.0 Å². The highest BCUT2D eigenvalue weighted by molar-refractivity contribution is 5.79. The van der Waals surface area contributed by atoms with Gasteiger partial charge in [-0.1, -0.05) is 0 Å². The van der Waals surface area contributed by atoms with Crippen LogP contribution in [0.2, 0.25) is 0 Å². The zero-order chi connectivity index (χ0) is 20.0. The minimum Gasteiger partial charge on any atom is -0.477 e. The summed E-state index contributed by atoms with van der Waals surface area (Å²) in [5, 5.41) is 21.3. The summed E-state index contributed by atoms with van der Waals surface area (Å²) < 4.78 is 7.41. The zero-order valence-electron chi connectivity index (χ0n) is 16.9. The Bertz CT molecular complexity index is 797. The van der Waals surface area contributed by atoms with E-state index in [1.165, 1.54) is 12.8 Å². The molecule has 0 amide bonds. The predicted molar refractivity (Wildman–Crippen MR) is 108 cm³/mol. The Morgan fingerprint density at radius 1 is 1.43 bits per heavy atom. The average Bonchev–Trinajstić information content (AvgIpc) is 3.41. The van der Waals surface area contributed by atoms with E-state index in [9.17, 15) is 5.11 Å². The van der Waals surface area contributed by atoms with Crippen LogP contribution in [0.15, 0.2) is 35.7 Å². The molecule has 0 aromatic carbocycles. The lowest BCUT2D eigenvalue weighted by atomic mass is 10.00. The highest BCUT2D eigenvalue weighted by Crippen LogP contribution is 2.29. The van der Waals surface area contributed by atoms with Crippen molar-refractivity contribution in [1.82, 2.24) is 25.4 Å². The fourth-order valence-electron chi connectivity index (χ4n) is 2.68. The van der Waals surface area contributed by atoms with Gasteiger partial charge in [-0.15, -0.1) is 0 Å². The molecule has 0 spiro atoms. The van der Waals surface area contributed by atoms with Crippen LogP contribution in [-0.2, 0) is 19.2 Å². The number of aliphatic imine (C=N–C) groups is 1. The van der Waals surface area contributed by atoms with Crippen molar-refractivity contribution >= 4 is 5.96 Å². The summed E-state index contributed by atoms with van der Waals surface area (Å²) in [6, 6.07) is 3.87. The van der Waals surface area contributed by atoms with E-state index < -0.39 is 5.60 Å². The molecule has 0 radical (unpaired) electrons. The number of aryl methyl sites for hydroxylation is 1. The lowest BCUT2D eigenvalue weighted by molar-refractivity contribution is 0.0616. The summed E-state index contributed by atoms with van der Waals surface area (Å²) in [5.74, 6) is 1.99. The molecule has 0 saturated heterocycles. The van der Waals surface area contributed by atoms with E-state index >= 15 is 0 Å². The number of guanidine groups is 1. The van der Waals surface area contributed by atoms with Crippen molar-refractivity contribution in [3.8, 4) is 5.88 Å². The summed E-state index contributed by atoms with van der Waals surface area (Å²) >= 11 is 0. The van der Waals surface area contributed by atoms with Crippen LogP contribution in [0, 0.1) is 5.92 Å². The van der Waals surface area contributed by atoms with Crippen LogP contribution in [0.4, 0.5) is 0 Å². The molecule has 1 saturated carbocycles. The molecule has 1 aliphatic rings. The van der Waals surface area contributed by atoms with Gasteiger partial charge >= 0.3 is 0 Å². The van der Waals surface area contributed by atoms with Crippen molar-refractivity contribution in [3.63, 3.8) is 0 Å². The number of ether oxygens (including phenoxy) is 1. The second kappa shape index (κ2) is 9.05. The van der Waals surface area contributed by atoms with Gasteiger partial charge in [0.25, 0.3) is 0 Å². The van der Waals surface area contributed by atoms with Crippen molar-refractivity contribution in [2.45, 2.75) is 38.8 Å². The maximum Gasteiger partial charge on any atom is 0.213 e. The van der Waals surface area contributed by atoms with Crippen molar-refractivity contribution in [2.24, 2.45) is 18.0 Å². The third-order valence-electron chi connectivity index (χ3n) is 4.65. The lowest BCUT2D eigenvalue weighted by Gasteiger charge is -2.23. The highest BCUT2D eigenvalue weighted by atomic mass is 16.5. The van der Waals surface area contributed by atoms with Gasteiger partial charge in [-0.25, -0.2) is 9.98 Å². The van der Waals surface area contributed by atoms with Gasteiger partial charge in [0.2, 0.25) is 5.88 Å². The van der Waals surface area contributed by atoms with E-state index in [4.69, 9.17) is 4.74 Å². The Morgan fingerprint density at radius 3 is 2.93 bits per heavy atom. The first-order valence-electron chi connectivity index (χ1n) is 9.77. The molecule has 3 N–H and O–H groups in total. The zero-order valence-corrected chi connectivity index (χ0v) is 16.9. The molecule has 1 atom stereocenters. The minimum atomic E-state index is -1.05. The van der Waals surface area contributed by atoms with Gasteiger partial charge < -0.3 is 20.5 Å². The molecular formula is C20H30N6O2. The molecule has 8 heteroatoms. The molecule has 3 rings (SSSR count). The molecule has 152 valence electrons. The average molecular weight is 387 g/mol. The second-order valence-corrected chi connectivity index (χ2v) is 7.48. The van der Waals surface area contributed by atoms with Crippen LogP contribution in [0.1, 0.15) is 37.8 Å². The van der Waals surface area contributed by atoms with E-state index in [0.29, 0.717) is 30.8 Å². The van der Waals surface area contributed by atoms with Crippen LogP contribution in [-0.4, -0.2) is 45.5 Å². The Morgan fingerprint density at radius 2 is 2.25 bits per heavy atom. The van der Waals surface area contributed by atoms with Gasteiger partial charge in [-0.05, 0) is 44.2 Å². The van der Waals surface area contributed by atoms with Crippen LogP contribution >= 0.6 is 0 Å². The summed E-state index contributed by atoms with van der Waals surface area (Å²) in [4.78, 5) is 8.88. The first kappa shape index (κ1) is 20.1. The summed E-state index contributed by atoms with van der Waals surface area (Å²) in [7, 11) is 1.83. The van der Waals surface area contributed by atoms with Gasteiger partial charge in [-0.3, -0.25) is 4.68 Å². The maximum absolute atomic E-state index is 10.7. The van der Waals surface area contributed by atoms with E-state index in [-0.39, 0.29) is 0 Å². The second-order valence-electron chi connectivity index (χ2n) is 7.48. The molecule has 0 aliphatic heterocycles. The van der Waals surface area contributed by atoms with Crippen molar-refractivity contribution in [3.05, 3.63) is 41.9 Å². The number of hydrogen-bond donors (Lipinski definition) is 3.